The standard InChI is InChI=1S/C22H27NO4.C2H4O2/c1-4-14-22(23,5-2)27-20(24)16(3)18-12-9-13-19(15-18)26-21(25)17-10-7-6-8-11-17;1-2(3)4/h6-13,15-16H,4-5,14,23H2,1-3H3;1H3,(H,3,4). The molecule has 0 amide bonds. The molecule has 3 N–H and O–H groups in total. The Morgan fingerprint density at radius 3 is 2.23 bits per heavy atom. The lowest BCUT2D eigenvalue weighted by Gasteiger charge is -2.29. The summed E-state index contributed by atoms with van der Waals surface area (Å²) in [6.07, 6.45) is 1.99. The summed E-state index contributed by atoms with van der Waals surface area (Å²) in [5, 5.41) is 7.42. The van der Waals surface area contributed by atoms with E-state index in [4.69, 9.17) is 25.1 Å². The van der Waals surface area contributed by atoms with Gasteiger partial charge in [0.25, 0.3) is 5.97 Å². The van der Waals surface area contributed by atoms with Crippen molar-refractivity contribution >= 4 is 17.9 Å². The third-order valence-corrected chi connectivity index (χ3v) is 4.51. The van der Waals surface area contributed by atoms with E-state index in [0.717, 1.165) is 13.3 Å². The minimum Gasteiger partial charge on any atom is -0.481 e. The summed E-state index contributed by atoms with van der Waals surface area (Å²) in [5.74, 6) is -1.81. The van der Waals surface area contributed by atoms with Crippen LogP contribution in [-0.4, -0.2) is 28.7 Å². The van der Waals surface area contributed by atoms with Crippen molar-refractivity contribution in [3.05, 3.63) is 65.7 Å². The van der Waals surface area contributed by atoms with Gasteiger partial charge in [-0.3, -0.25) is 15.3 Å². The Morgan fingerprint density at radius 2 is 1.68 bits per heavy atom. The second-order valence-corrected chi connectivity index (χ2v) is 7.16. The van der Waals surface area contributed by atoms with E-state index in [1.165, 1.54) is 0 Å². The second kappa shape index (κ2) is 12.5. The van der Waals surface area contributed by atoms with Gasteiger partial charge in [-0.25, -0.2) is 4.79 Å². The van der Waals surface area contributed by atoms with E-state index >= 15 is 0 Å². The van der Waals surface area contributed by atoms with Crippen LogP contribution >= 0.6 is 0 Å². The van der Waals surface area contributed by atoms with Crippen LogP contribution in [0.5, 0.6) is 5.75 Å². The molecule has 0 radical (unpaired) electrons. The summed E-state index contributed by atoms with van der Waals surface area (Å²) >= 11 is 0. The monoisotopic (exact) mass is 429 g/mol. The van der Waals surface area contributed by atoms with Crippen molar-refractivity contribution in [1.82, 2.24) is 0 Å². The van der Waals surface area contributed by atoms with Crippen molar-refractivity contribution in [2.45, 2.75) is 58.6 Å². The fraction of sp³-hybridized carbons (Fsp3) is 0.375. The zero-order valence-electron chi connectivity index (χ0n) is 18.5. The average Bonchev–Trinajstić information content (AvgIpc) is 2.73. The van der Waals surface area contributed by atoms with E-state index in [9.17, 15) is 9.59 Å². The largest absolute Gasteiger partial charge is 0.481 e. The molecular weight excluding hydrogens is 398 g/mol. The van der Waals surface area contributed by atoms with Crippen molar-refractivity contribution in [3.63, 3.8) is 0 Å². The molecule has 0 saturated carbocycles. The third kappa shape index (κ3) is 9.00. The molecule has 0 aromatic heterocycles. The summed E-state index contributed by atoms with van der Waals surface area (Å²) in [4.78, 5) is 33.7. The summed E-state index contributed by atoms with van der Waals surface area (Å²) in [5.41, 5.74) is 6.39. The fourth-order valence-electron chi connectivity index (χ4n) is 2.74. The lowest BCUT2D eigenvalue weighted by atomic mass is 10.00. The molecule has 7 heteroatoms. The van der Waals surface area contributed by atoms with Crippen LogP contribution in [0.2, 0.25) is 0 Å². The number of carboxylic acid groups (broad SMARTS) is 1. The van der Waals surface area contributed by atoms with E-state index in [0.29, 0.717) is 29.7 Å². The molecule has 0 heterocycles. The van der Waals surface area contributed by atoms with Crippen LogP contribution < -0.4 is 10.5 Å². The van der Waals surface area contributed by atoms with Crippen molar-refractivity contribution in [3.8, 4) is 5.75 Å². The van der Waals surface area contributed by atoms with Gasteiger partial charge in [-0.1, -0.05) is 50.6 Å². The molecule has 0 saturated heterocycles. The number of esters is 2. The third-order valence-electron chi connectivity index (χ3n) is 4.51. The van der Waals surface area contributed by atoms with Crippen LogP contribution in [0.25, 0.3) is 0 Å². The molecule has 2 rings (SSSR count). The number of hydrogen-bond donors (Lipinski definition) is 2. The Kier molecular flexibility index (Phi) is 10.4. The maximum absolute atomic E-state index is 12.5. The Balaban J connectivity index is 0.00000110. The first kappa shape index (κ1) is 25.8. The van der Waals surface area contributed by atoms with Crippen molar-refractivity contribution in [2.24, 2.45) is 5.73 Å². The number of rotatable bonds is 8. The van der Waals surface area contributed by atoms with Crippen molar-refractivity contribution < 1.29 is 29.0 Å². The van der Waals surface area contributed by atoms with Gasteiger partial charge in [0.15, 0.2) is 5.72 Å². The van der Waals surface area contributed by atoms with Gasteiger partial charge in [0.2, 0.25) is 0 Å². The highest BCUT2D eigenvalue weighted by Crippen LogP contribution is 2.25. The maximum atomic E-state index is 12.5. The molecule has 7 nitrogen and oxygen atoms in total. The average molecular weight is 430 g/mol. The summed E-state index contributed by atoms with van der Waals surface area (Å²) in [6.45, 7) is 6.73. The number of carbonyl (C=O) groups excluding carboxylic acids is 2. The first-order valence-corrected chi connectivity index (χ1v) is 10.2. The van der Waals surface area contributed by atoms with Gasteiger partial charge in [0.05, 0.1) is 11.5 Å². The maximum Gasteiger partial charge on any atom is 0.343 e. The van der Waals surface area contributed by atoms with Gasteiger partial charge in [-0.2, -0.15) is 0 Å². The highest BCUT2D eigenvalue weighted by Gasteiger charge is 2.29. The summed E-state index contributed by atoms with van der Waals surface area (Å²) in [6, 6.07) is 15.6. The highest BCUT2D eigenvalue weighted by atomic mass is 16.6. The van der Waals surface area contributed by atoms with Gasteiger partial charge >= 0.3 is 11.9 Å². The molecule has 31 heavy (non-hydrogen) atoms. The Morgan fingerprint density at radius 1 is 1.06 bits per heavy atom. The molecule has 2 unspecified atom stereocenters. The topological polar surface area (TPSA) is 116 Å². The van der Waals surface area contributed by atoms with Gasteiger partial charge < -0.3 is 14.6 Å². The lowest BCUT2D eigenvalue weighted by Crippen LogP contribution is -2.44. The van der Waals surface area contributed by atoms with Crippen molar-refractivity contribution in [1.29, 1.82) is 0 Å². The van der Waals surface area contributed by atoms with Crippen molar-refractivity contribution in [2.75, 3.05) is 0 Å². The van der Waals surface area contributed by atoms with Gasteiger partial charge in [-0.15, -0.1) is 0 Å². The van der Waals surface area contributed by atoms with E-state index in [2.05, 4.69) is 0 Å². The van der Waals surface area contributed by atoms with Crippen LogP contribution in [0.1, 0.15) is 68.8 Å². The van der Waals surface area contributed by atoms with E-state index < -0.39 is 23.6 Å². The molecule has 0 spiro atoms. The Hall–Kier alpha value is -3.19. The Labute approximate surface area is 183 Å². The number of aliphatic carboxylic acids is 1. The van der Waals surface area contributed by atoms with Gasteiger partial charge in [-0.05, 0) is 43.2 Å². The molecule has 2 atom stereocenters. The van der Waals surface area contributed by atoms with Crippen LogP contribution in [0.15, 0.2) is 54.6 Å². The number of carboxylic acids is 1. The minimum absolute atomic E-state index is 0.379. The molecule has 0 aliphatic rings. The van der Waals surface area contributed by atoms with Crippen LogP contribution in [0.3, 0.4) is 0 Å². The molecule has 0 aliphatic heterocycles. The first-order chi connectivity index (χ1) is 14.6. The molecule has 0 bridgehead atoms. The smallest absolute Gasteiger partial charge is 0.343 e. The normalized spacial score (nSPS) is 13.1. The highest BCUT2D eigenvalue weighted by molar-refractivity contribution is 5.91. The van der Waals surface area contributed by atoms with Crippen LogP contribution in [0, 0.1) is 0 Å². The molecule has 2 aromatic carbocycles. The van der Waals surface area contributed by atoms with Gasteiger partial charge in [0, 0.05) is 13.3 Å². The number of carbonyl (C=O) groups is 3. The van der Waals surface area contributed by atoms with E-state index in [1.807, 2.05) is 19.9 Å². The molecular formula is C24H31NO6. The first-order valence-electron chi connectivity index (χ1n) is 10.2. The predicted octanol–water partition coefficient (Wildman–Crippen LogP) is 4.51. The Bertz CT molecular complexity index is 863. The lowest BCUT2D eigenvalue weighted by molar-refractivity contribution is -0.162. The number of hydrogen-bond acceptors (Lipinski definition) is 6. The minimum atomic E-state index is -0.947. The SMILES string of the molecule is CC(=O)O.CCCC(N)(CC)OC(=O)C(C)c1cccc(OC(=O)c2ccccc2)c1. The number of benzene rings is 2. The van der Waals surface area contributed by atoms with Crippen LogP contribution in [0.4, 0.5) is 0 Å². The zero-order chi connectivity index (χ0) is 23.4. The second-order valence-electron chi connectivity index (χ2n) is 7.16. The quantitative estimate of drug-likeness (QED) is 0.360. The van der Waals surface area contributed by atoms with E-state index in [1.54, 1.807) is 55.5 Å². The number of ether oxygens (including phenoxy) is 2. The molecule has 168 valence electrons. The van der Waals surface area contributed by atoms with Crippen LogP contribution in [-0.2, 0) is 14.3 Å². The molecule has 2 aromatic rings. The molecule has 0 aliphatic carbocycles. The summed E-state index contributed by atoms with van der Waals surface area (Å²) in [7, 11) is 0. The molecule has 0 fully saturated rings. The zero-order valence-corrected chi connectivity index (χ0v) is 18.5. The fourth-order valence-corrected chi connectivity index (χ4v) is 2.74. The van der Waals surface area contributed by atoms with Gasteiger partial charge in [0.1, 0.15) is 5.75 Å². The number of nitrogens with two attached hydrogens (primary N) is 1. The summed E-state index contributed by atoms with van der Waals surface area (Å²) < 4.78 is 11.0. The van der Waals surface area contributed by atoms with E-state index in [-0.39, 0.29) is 5.97 Å². The predicted molar refractivity (Wildman–Crippen MR) is 118 cm³/mol.